The summed E-state index contributed by atoms with van der Waals surface area (Å²) in [5, 5.41) is 3.63. The van der Waals surface area contributed by atoms with Crippen LogP contribution in [0.15, 0.2) is 60.2 Å². The highest BCUT2D eigenvalue weighted by atomic mass is 35.5. The van der Waals surface area contributed by atoms with Gasteiger partial charge in [-0.05, 0) is 43.2 Å². The monoisotopic (exact) mass is 386 g/mol. The van der Waals surface area contributed by atoms with Crippen LogP contribution in [0, 0.1) is 5.82 Å². The molecular weight excluding hydrogens is 367 g/mol. The van der Waals surface area contributed by atoms with Gasteiger partial charge in [-0.15, -0.1) is 0 Å². The van der Waals surface area contributed by atoms with Crippen molar-refractivity contribution in [3.8, 4) is 0 Å². The fourth-order valence-electron chi connectivity index (χ4n) is 3.41. The van der Waals surface area contributed by atoms with Gasteiger partial charge in [0.25, 0.3) is 11.8 Å². The van der Waals surface area contributed by atoms with Gasteiger partial charge in [-0.2, -0.15) is 0 Å². The van der Waals surface area contributed by atoms with Gasteiger partial charge in [0.1, 0.15) is 5.82 Å². The van der Waals surface area contributed by atoms with E-state index in [0.717, 1.165) is 12.0 Å². The van der Waals surface area contributed by atoms with E-state index < -0.39 is 5.82 Å². The smallest absolute Gasteiger partial charge is 0.261 e. The molecule has 0 radical (unpaired) electrons. The number of rotatable bonds is 5. The van der Waals surface area contributed by atoms with Crippen molar-refractivity contribution in [3.05, 3.63) is 76.6 Å². The summed E-state index contributed by atoms with van der Waals surface area (Å²) in [5.41, 5.74) is 2.20. The van der Waals surface area contributed by atoms with E-state index in [4.69, 9.17) is 11.6 Å². The van der Waals surface area contributed by atoms with Gasteiger partial charge >= 0.3 is 0 Å². The summed E-state index contributed by atoms with van der Waals surface area (Å²) >= 11 is 6.23. The summed E-state index contributed by atoms with van der Waals surface area (Å²) in [6.07, 6.45) is 7.55. The van der Waals surface area contributed by atoms with Crippen molar-refractivity contribution in [2.24, 2.45) is 0 Å². The van der Waals surface area contributed by atoms with Gasteiger partial charge in [0, 0.05) is 6.54 Å². The van der Waals surface area contributed by atoms with E-state index in [9.17, 15) is 14.0 Å². The second-order valence-corrected chi connectivity index (χ2v) is 6.74. The van der Waals surface area contributed by atoms with E-state index in [2.05, 4.69) is 11.9 Å². The van der Waals surface area contributed by atoms with Crippen molar-refractivity contribution >= 4 is 29.0 Å². The van der Waals surface area contributed by atoms with Gasteiger partial charge in [0.2, 0.25) is 0 Å². The Morgan fingerprint density at radius 3 is 2.74 bits per heavy atom. The first kappa shape index (κ1) is 19.3. The molecule has 1 atom stereocenters. The first-order valence-corrected chi connectivity index (χ1v) is 9.10. The average Bonchev–Trinajstić information content (AvgIpc) is 2.87. The van der Waals surface area contributed by atoms with Crippen LogP contribution in [0.1, 0.15) is 18.9 Å². The van der Waals surface area contributed by atoms with E-state index in [-0.39, 0.29) is 24.4 Å². The summed E-state index contributed by atoms with van der Waals surface area (Å²) in [6.45, 7) is 6.32. The number of carbonyl (C=O) groups excluding carboxylic acids is 2. The minimum absolute atomic E-state index is 0.162. The fraction of sp³-hybridized carbons (Fsp3) is 0.238. The summed E-state index contributed by atoms with van der Waals surface area (Å²) in [4.78, 5) is 26.6. The molecule has 0 bridgehead atoms. The van der Waals surface area contributed by atoms with Crippen molar-refractivity contribution in [1.82, 2.24) is 10.2 Å². The lowest BCUT2D eigenvalue weighted by molar-refractivity contribution is -0.137. The molecule has 1 aromatic rings. The standard InChI is InChI=1S/C21H20ClFN2O2/c1-3-6-17-14(4-2)20(26)25(21(17)27)12-19-16(7-5-10-24-19)15-9-8-13(23)11-18(15)22/h3-4,6-9,11,19,24H,2,5,10,12H2,1H3/b6-3-. The number of halogens is 2. The normalized spacial score (nSPS) is 20.6. The molecule has 1 unspecified atom stereocenters. The molecule has 0 aliphatic carbocycles. The highest BCUT2D eigenvalue weighted by Gasteiger charge is 2.37. The van der Waals surface area contributed by atoms with Gasteiger partial charge in [-0.25, -0.2) is 4.39 Å². The molecule has 140 valence electrons. The maximum Gasteiger partial charge on any atom is 0.261 e. The molecule has 0 saturated heterocycles. The molecule has 2 aliphatic heterocycles. The number of amides is 2. The molecule has 0 spiro atoms. The minimum Gasteiger partial charge on any atom is -0.308 e. The van der Waals surface area contributed by atoms with Gasteiger partial charge in [0.05, 0.1) is 22.2 Å². The van der Waals surface area contributed by atoms with E-state index in [1.165, 1.54) is 23.1 Å². The van der Waals surface area contributed by atoms with Crippen LogP contribution >= 0.6 is 11.6 Å². The second-order valence-electron chi connectivity index (χ2n) is 6.33. The van der Waals surface area contributed by atoms with E-state index in [0.29, 0.717) is 28.3 Å². The van der Waals surface area contributed by atoms with Crippen molar-refractivity contribution in [2.45, 2.75) is 19.4 Å². The molecule has 3 rings (SSSR count). The molecule has 0 saturated carbocycles. The van der Waals surface area contributed by atoms with Crippen LogP contribution in [0.4, 0.5) is 4.39 Å². The SMILES string of the molecule is C=CC1=C(/C=C\C)C(=O)N(CC2NCCC=C2c2ccc(F)cc2Cl)C1=O. The van der Waals surface area contributed by atoms with Gasteiger partial charge in [-0.1, -0.05) is 48.6 Å². The predicted octanol–water partition coefficient (Wildman–Crippen LogP) is 3.65. The number of benzene rings is 1. The minimum atomic E-state index is -0.412. The lowest BCUT2D eigenvalue weighted by Gasteiger charge is -2.30. The van der Waals surface area contributed by atoms with Gasteiger partial charge in [-0.3, -0.25) is 14.5 Å². The fourth-order valence-corrected chi connectivity index (χ4v) is 3.68. The third-order valence-corrected chi connectivity index (χ3v) is 4.97. The zero-order valence-electron chi connectivity index (χ0n) is 15.0. The predicted molar refractivity (Wildman–Crippen MR) is 105 cm³/mol. The summed E-state index contributed by atoms with van der Waals surface area (Å²) < 4.78 is 13.4. The molecule has 2 aliphatic rings. The van der Waals surface area contributed by atoms with Crippen LogP contribution in [0.3, 0.4) is 0 Å². The lowest BCUT2D eigenvalue weighted by atomic mass is 9.94. The zero-order chi connectivity index (χ0) is 19.6. The quantitative estimate of drug-likeness (QED) is 0.786. The summed E-state index contributed by atoms with van der Waals surface area (Å²) in [6, 6.07) is 3.94. The number of hydrogen-bond acceptors (Lipinski definition) is 3. The van der Waals surface area contributed by atoms with E-state index >= 15 is 0 Å². The van der Waals surface area contributed by atoms with Crippen LogP contribution in [0.2, 0.25) is 5.02 Å². The Labute approximate surface area is 162 Å². The molecule has 2 heterocycles. The molecular formula is C21H20ClFN2O2. The Morgan fingerprint density at radius 1 is 1.33 bits per heavy atom. The maximum absolute atomic E-state index is 13.4. The molecule has 0 fully saturated rings. The zero-order valence-corrected chi connectivity index (χ0v) is 15.7. The number of carbonyl (C=O) groups is 2. The highest BCUT2D eigenvalue weighted by Crippen LogP contribution is 2.31. The average molecular weight is 387 g/mol. The van der Waals surface area contributed by atoms with Crippen LogP contribution in [-0.4, -0.2) is 35.8 Å². The third-order valence-electron chi connectivity index (χ3n) is 4.66. The summed E-state index contributed by atoms with van der Waals surface area (Å²) in [5.74, 6) is -1.12. The highest BCUT2D eigenvalue weighted by molar-refractivity contribution is 6.32. The van der Waals surface area contributed by atoms with Crippen molar-refractivity contribution in [2.75, 3.05) is 13.1 Å². The molecule has 27 heavy (non-hydrogen) atoms. The van der Waals surface area contributed by atoms with Crippen molar-refractivity contribution in [3.63, 3.8) is 0 Å². The number of nitrogens with one attached hydrogen (secondary N) is 1. The number of hydrogen-bond donors (Lipinski definition) is 1. The third kappa shape index (κ3) is 3.66. The molecule has 0 aromatic heterocycles. The van der Waals surface area contributed by atoms with Gasteiger partial charge in [0.15, 0.2) is 0 Å². The molecule has 1 N–H and O–H groups in total. The topological polar surface area (TPSA) is 49.4 Å². The van der Waals surface area contributed by atoms with Crippen LogP contribution < -0.4 is 5.32 Å². The Balaban J connectivity index is 1.89. The second kappa shape index (κ2) is 8.03. The number of nitrogens with zero attached hydrogens (tertiary/aromatic N) is 1. The van der Waals surface area contributed by atoms with Crippen LogP contribution in [0.5, 0.6) is 0 Å². The lowest BCUT2D eigenvalue weighted by Crippen LogP contribution is -2.46. The number of imide groups is 1. The molecule has 2 amide bonds. The van der Waals surface area contributed by atoms with Crippen LogP contribution in [0.25, 0.3) is 5.57 Å². The van der Waals surface area contributed by atoms with E-state index in [1.54, 1.807) is 25.1 Å². The Hall–Kier alpha value is -2.50. The largest absolute Gasteiger partial charge is 0.308 e. The molecule has 6 heteroatoms. The Morgan fingerprint density at radius 2 is 2.07 bits per heavy atom. The number of allylic oxidation sites excluding steroid dienone is 1. The first-order chi connectivity index (χ1) is 13.0. The van der Waals surface area contributed by atoms with Crippen LogP contribution in [-0.2, 0) is 9.59 Å². The van der Waals surface area contributed by atoms with Gasteiger partial charge < -0.3 is 5.32 Å². The van der Waals surface area contributed by atoms with Crippen molar-refractivity contribution in [1.29, 1.82) is 0 Å². The maximum atomic E-state index is 13.4. The van der Waals surface area contributed by atoms with E-state index in [1.807, 2.05) is 6.08 Å². The summed E-state index contributed by atoms with van der Waals surface area (Å²) in [7, 11) is 0. The molecule has 1 aromatic carbocycles. The first-order valence-electron chi connectivity index (χ1n) is 8.72. The Kier molecular flexibility index (Phi) is 5.73. The van der Waals surface area contributed by atoms with Crippen molar-refractivity contribution < 1.29 is 14.0 Å². The Bertz CT molecular complexity index is 901. The molecule has 4 nitrogen and oxygen atoms in total.